The largest absolute Gasteiger partial charge is 0.497 e. The van der Waals surface area contributed by atoms with Crippen molar-refractivity contribution in [1.82, 2.24) is 10.2 Å². The van der Waals surface area contributed by atoms with Gasteiger partial charge in [0.05, 0.1) is 7.11 Å². The Morgan fingerprint density at radius 1 is 0.966 bits per heavy atom. The molecule has 7 nitrogen and oxygen atoms in total. The number of methoxy groups -OCH3 is 1. The number of piperazine rings is 1. The number of carbonyl (C=O) groups is 2. The lowest BCUT2D eigenvalue weighted by Crippen LogP contribution is -2.48. The van der Waals surface area contributed by atoms with Gasteiger partial charge >= 0.3 is 0 Å². The van der Waals surface area contributed by atoms with Crippen LogP contribution in [0.3, 0.4) is 0 Å². The molecular formula is C21H24N4O3S. The summed E-state index contributed by atoms with van der Waals surface area (Å²) in [5.41, 5.74) is 2.37. The molecule has 8 heteroatoms. The zero-order chi connectivity index (χ0) is 20.8. The highest BCUT2D eigenvalue weighted by molar-refractivity contribution is 7.80. The van der Waals surface area contributed by atoms with E-state index >= 15 is 0 Å². The molecule has 1 heterocycles. The fourth-order valence-electron chi connectivity index (χ4n) is 3.12. The van der Waals surface area contributed by atoms with Crippen LogP contribution in [0.15, 0.2) is 48.5 Å². The van der Waals surface area contributed by atoms with Crippen LogP contribution < -0.4 is 20.3 Å². The molecule has 2 aromatic carbocycles. The zero-order valence-electron chi connectivity index (χ0n) is 16.5. The van der Waals surface area contributed by atoms with Crippen molar-refractivity contribution in [3.8, 4) is 5.75 Å². The molecule has 0 saturated carbocycles. The lowest BCUT2D eigenvalue weighted by atomic mass is 10.2. The molecule has 0 aliphatic carbocycles. The SMILES string of the molecule is COc1ccc(C(=O)NC(=S)Nc2ccc(N3CCN(C(C)=O)CC3)cc2)cc1. The highest BCUT2D eigenvalue weighted by Crippen LogP contribution is 2.19. The number of anilines is 2. The molecule has 2 aromatic rings. The van der Waals surface area contributed by atoms with Gasteiger partial charge in [-0.25, -0.2) is 0 Å². The van der Waals surface area contributed by atoms with Gasteiger partial charge in [-0.05, 0) is 60.7 Å². The first-order chi connectivity index (χ1) is 14.0. The molecule has 0 aromatic heterocycles. The van der Waals surface area contributed by atoms with E-state index in [9.17, 15) is 9.59 Å². The van der Waals surface area contributed by atoms with Gasteiger partial charge in [-0.1, -0.05) is 0 Å². The van der Waals surface area contributed by atoms with Crippen molar-refractivity contribution in [3.05, 3.63) is 54.1 Å². The van der Waals surface area contributed by atoms with E-state index in [1.54, 1.807) is 38.3 Å². The van der Waals surface area contributed by atoms with Crippen LogP contribution in [-0.4, -0.2) is 55.1 Å². The first kappa shape index (κ1) is 20.6. The van der Waals surface area contributed by atoms with E-state index in [1.807, 2.05) is 29.2 Å². The van der Waals surface area contributed by atoms with Crippen molar-refractivity contribution in [3.63, 3.8) is 0 Å². The van der Waals surface area contributed by atoms with Crippen LogP contribution in [0, 0.1) is 0 Å². The molecule has 2 N–H and O–H groups in total. The summed E-state index contributed by atoms with van der Waals surface area (Å²) in [4.78, 5) is 27.8. The number of benzene rings is 2. The highest BCUT2D eigenvalue weighted by Gasteiger charge is 2.18. The third-order valence-electron chi connectivity index (χ3n) is 4.79. The highest BCUT2D eigenvalue weighted by atomic mass is 32.1. The van der Waals surface area contributed by atoms with Crippen LogP contribution in [0.4, 0.5) is 11.4 Å². The van der Waals surface area contributed by atoms with Crippen LogP contribution in [0.1, 0.15) is 17.3 Å². The minimum Gasteiger partial charge on any atom is -0.497 e. The third-order valence-corrected chi connectivity index (χ3v) is 5.00. The van der Waals surface area contributed by atoms with Crippen LogP contribution >= 0.6 is 12.2 Å². The Bertz CT molecular complexity index is 876. The lowest BCUT2D eigenvalue weighted by molar-refractivity contribution is -0.129. The van der Waals surface area contributed by atoms with Gasteiger partial charge in [0.25, 0.3) is 5.91 Å². The van der Waals surface area contributed by atoms with Crippen LogP contribution in [0.25, 0.3) is 0 Å². The Labute approximate surface area is 175 Å². The van der Waals surface area contributed by atoms with Crippen LogP contribution in [0.2, 0.25) is 0 Å². The maximum Gasteiger partial charge on any atom is 0.257 e. The molecule has 0 atom stereocenters. The summed E-state index contributed by atoms with van der Waals surface area (Å²) in [7, 11) is 1.57. The van der Waals surface area contributed by atoms with Gasteiger partial charge in [-0.15, -0.1) is 0 Å². The van der Waals surface area contributed by atoms with Gasteiger partial charge in [-0.3, -0.25) is 14.9 Å². The molecule has 1 saturated heterocycles. The standard InChI is InChI=1S/C21H24N4O3S/c1-15(26)24-11-13-25(14-12-24)18-7-5-17(6-8-18)22-21(29)23-20(27)16-3-9-19(28-2)10-4-16/h3-10H,11-14H2,1-2H3,(H2,22,23,27,29). The lowest BCUT2D eigenvalue weighted by Gasteiger charge is -2.35. The molecule has 3 rings (SSSR count). The van der Waals surface area contributed by atoms with Gasteiger partial charge in [0.1, 0.15) is 5.75 Å². The normalized spacial score (nSPS) is 13.6. The fraction of sp³-hybridized carbons (Fsp3) is 0.286. The summed E-state index contributed by atoms with van der Waals surface area (Å²) >= 11 is 5.24. The second-order valence-electron chi connectivity index (χ2n) is 6.68. The predicted octanol–water partition coefficient (Wildman–Crippen LogP) is 2.49. The first-order valence-electron chi connectivity index (χ1n) is 9.33. The van der Waals surface area contributed by atoms with Gasteiger partial charge in [0.15, 0.2) is 5.11 Å². The van der Waals surface area contributed by atoms with Crippen molar-refractivity contribution in [2.75, 3.05) is 43.5 Å². The number of thiocarbonyl (C=S) groups is 1. The van der Waals surface area contributed by atoms with Crippen molar-refractivity contribution >= 4 is 40.5 Å². The molecule has 1 aliphatic rings. The number of rotatable bonds is 4. The molecule has 29 heavy (non-hydrogen) atoms. The van der Waals surface area contributed by atoms with E-state index in [0.29, 0.717) is 11.3 Å². The molecular weight excluding hydrogens is 388 g/mol. The number of nitrogens with zero attached hydrogens (tertiary/aromatic N) is 2. The van der Waals surface area contributed by atoms with Gasteiger partial charge in [0.2, 0.25) is 5.91 Å². The Balaban J connectivity index is 1.52. The average molecular weight is 413 g/mol. The molecule has 0 spiro atoms. The van der Waals surface area contributed by atoms with Crippen molar-refractivity contribution < 1.29 is 14.3 Å². The molecule has 0 bridgehead atoms. The van der Waals surface area contributed by atoms with E-state index < -0.39 is 0 Å². The second kappa shape index (κ2) is 9.38. The molecule has 0 unspecified atom stereocenters. The van der Waals surface area contributed by atoms with Crippen molar-refractivity contribution in [2.24, 2.45) is 0 Å². The molecule has 2 amide bonds. The number of hydrogen-bond donors (Lipinski definition) is 2. The van der Waals surface area contributed by atoms with E-state index in [2.05, 4.69) is 15.5 Å². The van der Waals surface area contributed by atoms with Crippen molar-refractivity contribution in [2.45, 2.75) is 6.92 Å². The predicted molar refractivity (Wildman–Crippen MR) is 118 cm³/mol. The topological polar surface area (TPSA) is 73.9 Å². The van der Waals surface area contributed by atoms with Gasteiger partial charge in [-0.2, -0.15) is 0 Å². The molecule has 1 fully saturated rings. The molecule has 152 valence electrons. The zero-order valence-corrected chi connectivity index (χ0v) is 17.3. The van der Waals surface area contributed by atoms with Crippen molar-refractivity contribution in [1.29, 1.82) is 0 Å². The summed E-state index contributed by atoms with van der Waals surface area (Å²) in [5, 5.41) is 5.92. The van der Waals surface area contributed by atoms with Crippen LogP contribution in [0.5, 0.6) is 5.75 Å². The molecule has 0 radical (unpaired) electrons. The Morgan fingerprint density at radius 3 is 2.14 bits per heavy atom. The van der Waals surface area contributed by atoms with E-state index in [4.69, 9.17) is 17.0 Å². The summed E-state index contributed by atoms with van der Waals surface area (Å²) in [6.45, 7) is 4.69. The number of ether oxygens (including phenoxy) is 1. The summed E-state index contributed by atoms with van der Waals surface area (Å²) < 4.78 is 5.09. The summed E-state index contributed by atoms with van der Waals surface area (Å²) in [5.74, 6) is 0.518. The van der Waals surface area contributed by atoms with E-state index in [0.717, 1.165) is 37.6 Å². The Hall–Kier alpha value is -3.13. The Morgan fingerprint density at radius 2 is 1.59 bits per heavy atom. The van der Waals surface area contributed by atoms with Crippen LogP contribution in [-0.2, 0) is 4.79 Å². The minimum absolute atomic E-state index is 0.120. The number of hydrogen-bond acceptors (Lipinski definition) is 5. The number of carbonyl (C=O) groups excluding carboxylic acids is 2. The maximum atomic E-state index is 12.3. The maximum absolute atomic E-state index is 12.3. The second-order valence-corrected chi connectivity index (χ2v) is 7.08. The third kappa shape index (κ3) is 5.45. The first-order valence-corrected chi connectivity index (χ1v) is 9.74. The number of nitrogens with one attached hydrogen (secondary N) is 2. The molecule has 1 aliphatic heterocycles. The van der Waals surface area contributed by atoms with E-state index in [1.165, 1.54) is 0 Å². The average Bonchev–Trinajstić information content (AvgIpc) is 2.74. The monoisotopic (exact) mass is 412 g/mol. The minimum atomic E-state index is -0.287. The van der Waals surface area contributed by atoms with Gasteiger partial charge in [0, 0.05) is 50.0 Å². The Kier molecular flexibility index (Phi) is 6.66. The summed E-state index contributed by atoms with van der Waals surface area (Å²) in [6.07, 6.45) is 0. The smallest absolute Gasteiger partial charge is 0.257 e. The fourth-order valence-corrected chi connectivity index (χ4v) is 3.33. The van der Waals surface area contributed by atoms with E-state index in [-0.39, 0.29) is 16.9 Å². The van der Waals surface area contributed by atoms with Gasteiger partial charge < -0.3 is 19.9 Å². The quantitative estimate of drug-likeness (QED) is 0.752. The summed E-state index contributed by atoms with van der Waals surface area (Å²) in [6, 6.07) is 14.6. The number of amides is 2.